The van der Waals surface area contributed by atoms with Crippen molar-refractivity contribution in [2.24, 2.45) is 0 Å². The molecular formula is C14H18N4O. The second-order valence-electron chi connectivity index (χ2n) is 4.28. The first-order valence-electron chi connectivity index (χ1n) is 6.29. The molecule has 2 rings (SSSR count). The molecule has 0 aliphatic heterocycles. The molecule has 1 amide bonds. The van der Waals surface area contributed by atoms with E-state index >= 15 is 0 Å². The average molecular weight is 258 g/mol. The minimum atomic E-state index is -0.0519. The van der Waals surface area contributed by atoms with Gasteiger partial charge in [0, 0.05) is 38.1 Å². The first-order chi connectivity index (χ1) is 9.25. The highest BCUT2D eigenvalue weighted by Gasteiger charge is 2.02. The number of benzene rings is 1. The van der Waals surface area contributed by atoms with Gasteiger partial charge >= 0.3 is 0 Å². The van der Waals surface area contributed by atoms with Crippen LogP contribution < -0.4 is 10.6 Å². The molecule has 100 valence electrons. The predicted molar refractivity (Wildman–Crippen MR) is 74.7 cm³/mol. The smallest absolute Gasteiger partial charge is 0.221 e. The molecule has 1 aromatic heterocycles. The molecule has 0 radical (unpaired) electrons. The van der Waals surface area contributed by atoms with Gasteiger partial charge in [0.15, 0.2) is 0 Å². The molecule has 19 heavy (non-hydrogen) atoms. The van der Waals surface area contributed by atoms with Crippen LogP contribution in [0, 0.1) is 0 Å². The molecule has 1 aromatic carbocycles. The third kappa shape index (κ3) is 4.22. The summed E-state index contributed by atoms with van der Waals surface area (Å²) < 4.78 is 1.88. The number of nitrogens with zero attached hydrogens (tertiary/aromatic N) is 2. The zero-order chi connectivity index (χ0) is 13.5. The van der Waals surface area contributed by atoms with Gasteiger partial charge in [-0.15, -0.1) is 0 Å². The molecule has 5 heteroatoms. The van der Waals surface area contributed by atoms with Crippen molar-refractivity contribution in [2.75, 3.05) is 11.9 Å². The minimum absolute atomic E-state index is 0.0519. The first kappa shape index (κ1) is 13.3. The van der Waals surface area contributed by atoms with Crippen LogP contribution in [0.3, 0.4) is 0 Å². The lowest BCUT2D eigenvalue weighted by atomic mass is 10.1. The summed E-state index contributed by atoms with van der Waals surface area (Å²) >= 11 is 0. The zero-order valence-corrected chi connectivity index (χ0v) is 11.0. The fourth-order valence-electron chi connectivity index (χ4n) is 1.84. The molecule has 2 aromatic rings. The second kappa shape index (κ2) is 6.70. The van der Waals surface area contributed by atoms with Crippen LogP contribution in [0.4, 0.5) is 5.69 Å². The summed E-state index contributed by atoms with van der Waals surface area (Å²) in [6, 6.07) is 9.71. The van der Waals surface area contributed by atoms with Crippen LogP contribution in [0.25, 0.3) is 0 Å². The standard InChI is InChI=1S/C14H18N4O/c1-12(19)17-14-6-3-2-5-13(14)11-15-8-10-18-9-4-7-16-18/h2-7,9,15H,8,10-11H2,1H3,(H,17,19). The van der Waals surface area contributed by atoms with E-state index in [0.29, 0.717) is 0 Å². The largest absolute Gasteiger partial charge is 0.326 e. The van der Waals surface area contributed by atoms with Crippen molar-refractivity contribution < 1.29 is 4.79 Å². The predicted octanol–water partition coefficient (Wildman–Crippen LogP) is 1.63. The summed E-state index contributed by atoms with van der Waals surface area (Å²) in [5.41, 5.74) is 1.94. The molecule has 0 atom stereocenters. The van der Waals surface area contributed by atoms with Crippen molar-refractivity contribution in [3.8, 4) is 0 Å². The maximum absolute atomic E-state index is 11.1. The Kier molecular flexibility index (Phi) is 4.69. The number of aromatic nitrogens is 2. The summed E-state index contributed by atoms with van der Waals surface area (Å²) in [5.74, 6) is -0.0519. The molecule has 5 nitrogen and oxygen atoms in total. The van der Waals surface area contributed by atoms with Crippen LogP contribution in [0.15, 0.2) is 42.7 Å². The molecule has 0 fully saturated rings. The van der Waals surface area contributed by atoms with Crippen LogP contribution in [-0.4, -0.2) is 22.2 Å². The lowest BCUT2D eigenvalue weighted by molar-refractivity contribution is -0.114. The van der Waals surface area contributed by atoms with Crippen molar-refractivity contribution in [1.82, 2.24) is 15.1 Å². The minimum Gasteiger partial charge on any atom is -0.326 e. The highest BCUT2D eigenvalue weighted by atomic mass is 16.1. The molecular weight excluding hydrogens is 240 g/mol. The molecule has 0 saturated carbocycles. The van der Waals surface area contributed by atoms with E-state index in [4.69, 9.17) is 0 Å². The topological polar surface area (TPSA) is 59.0 Å². The summed E-state index contributed by atoms with van der Waals surface area (Å²) in [6.07, 6.45) is 3.71. The molecule has 0 aliphatic rings. The lowest BCUT2D eigenvalue weighted by Crippen LogP contribution is -2.20. The van der Waals surface area contributed by atoms with Crippen molar-refractivity contribution in [3.05, 3.63) is 48.3 Å². The molecule has 1 heterocycles. The van der Waals surface area contributed by atoms with Crippen molar-refractivity contribution in [2.45, 2.75) is 20.0 Å². The number of carbonyl (C=O) groups excluding carboxylic acids is 1. The van der Waals surface area contributed by atoms with Gasteiger partial charge in [-0.2, -0.15) is 5.10 Å². The third-order valence-corrected chi connectivity index (χ3v) is 2.72. The Morgan fingerprint density at radius 1 is 1.32 bits per heavy atom. The zero-order valence-electron chi connectivity index (χ0n) is 11.0. The Morgan fingerprint density at radius 2 is 2.16 bits per heavy atom. The second-order valence-corrected chi connectivity index (χ2v) is 4.28. The summed E-state index contributed by atoms with van der Waals surface area (Å²) in [4.78, 5) is 11.1. The third-order valence-electron chi connectivity index (χ3n) is 2.72. The van der Waals surface area contributed by atoms with E-state index in [1.165, 1.54) is 6.92 Å². The van der Waals surface area contributed by atoms with E-state index in [1.54, 1.807) is 6.20 Å². The van der Waals surface area contributed by atoms with E-state index in [0.717, 1.165) is 30.9 Å². The molecule has 0 spiro atoms. The van der Waals surface area contributed by atoms with Gasteiger partial charge in [-0.3, -0.25) is 9.48 Å². The number of rotatable bonds is 6. The molecule has 0 saturated heterocycles. The molecule has 0 aliphatic carbocycles. The summed E-state index contributed by atoms with van der Waals surface area (Å²) in [7, 11) is 0. The Labute approximate surface area is 112 Å². The maximum Gasteiger partial charge on any atom is 0.221 e. The maximum atomic E-state index is 11.1. The van der Waals surface area contributed by atoms with Crippen LogP contribution >= 0.6 is 0 Å². The highest BCUT2D eigenvalue weighted by Crippen LogP contribution is 2.14. The molecule has 0 unspecified atom stereocenters. The van der Waals surface area contributed by atoms with E-state index in [9.17, 15) is 4.79 Å². The van der Waals surface area contributed by atoms with Gasteiger partial charge < -0.3 is 10.6 Å². The van der Waals surface area contributed by atoms with Gasteiger partial charge in [0.25, 0.3) is 0 Å². The fourth-order valence-corrected chi connectivity index (χ4v) is 1.84. The van der Waals surface area contributed by atoms with Crippen LogP contribution in [0.2, 0.25) is 0 Å². The Hall–Kier alpha value is -2.14. The SMILES string of the molecule is CC(=O)Nc1ccccc1CNCCn1cccn1. The summed E-state index contributed by atoms with van der Waals surface area (Å²) in [6.45, 7) is 3.89. The van der Waals surface area contributed by atoms with E-state index < -0.39 is 0 Å². The molecule has 0 bridgehead atoms. The quantitative estimate of drug-likeness (QED) is 0.774. The fraction of sp³-hybridized carbons (Fsp3) is 0.286. The van der Waals surface area contributed by atoms with Crippen molar-refractivity contribution in [3.63, 3.8) is 0 Å². The van der Waals surface area contributed by atoms with Gasteiger partial charge in [-0.1, -0.05) is 18.2 Å². The van der Waals surface area contributed by atoms with Crippen molar-refractivity contribution >= 4 is 11.6 Å². The number of nitrogens with one attached hydrogen (secondary N) is 2. The lowest BCUT2D eigenvalue weighted by Gasteiger charge is -2.10. The van der Waals surface area contributed by atoms with Gasteiger partial charge in [-0.25, -0.2) is 0 Å². The van der Waals surface area contributed by atoms with E-state index in [1.807, 2.05) is 41.2 Å². The monoisotopic (exact) mass is 258 g/mol. The average Bonchev–Trinajstić information content (AvgIpc) is 2.89. The molecule has 2 N–H and O–H groups in total. The van der Waals surface area contributed by atoms with Crippen LogP contribution in [0.5, 0.6) is 0 Å². The van der Waals surface area contributed by atoms with Crippen molar-refractivity contribution in [1.29, 1.82) is 0 Å². The summed E-state index contributed by atoms with van der Waals surface area (Å²) in [5, 5.41) is 10.3. The normalized spacial score (nSPS) is 10.4. The first-order valence-corrected chi connectivity index (χ1v) is 6.29. The van der Waals surface area contributed by atoms with Crippen LogP contribution in [0.1, 0.15) is 12.5 Å². The van der Waals surface area contributed by atoms with Gasteiger partial charge in [0.1, 0.15) is 0 Å². The van der Waals surface area contributed by atoms with Gasteiger partial charge in [0.05, 0.1) is 6.54 Å². The number of carbonyl (C=O) groups is 1. The number of hydrogen-bond donors (Lipinski definition) is 2. The van der Waals surface area contributed by atoms with E-state index in [-0.39, 0.29) is 5.91 Å². The van der Waals surface area contributed by atoms with Gasteiger partial charge in [0.2, 0.25) is 5.91 Å². The Bertz CT molecular complexity index is 522. The number of para-hydroxylation sites is 1. The number of anilines is 1. The Balaban J connectivity index is 1.83. The highest BCUT2D eigenvalue weighted by molar-refractivity contribution is 5.89. The van der Waals surface area contributed by atoms with E-state index in [2.05, 4.69) is 15.7 Å². The number of hydrogen-bond acceptors (Lipinski definition) is 3. The Morgan fingerprint density at radius 3 is 2.89 bits per heavy atom. The van der Waals surface area contributed by atoms with Crippen LogP contribution in [-0.2, 0) is 17.9 Å². The van der Waals surface area contributed by atoms with Gasteiger partial charge in [-0.05, 0) is 17.7 Å². The number of amides is 1.